The number of ketones is 1. The summed E-state index contributed by atoms with van der Waals surface area (Å²) in [5.41, 5.74) is 1.96. The van der Waals surface area contributed by atoms with E-state index in [0.29, 0.717) is 0 Å². The van der Waals surface area contributed by atoms with Crippen LogP contribution in [0.3, 0.4) is 0 Å². The van der Waals surface area contributed by atoms with Gasteiger partial charge in [-0.05, 0) is 40.8 Å². The number of carbonyl (C=O) groups excluding carboxylic acids is 1. The lowest BCUT2D eigenvalue weighted by Crippen LogP contribution is -2.16. The fourth-order valence-electron chi connectivity index (χ4n) is 2.15. The van der Waals surface area contributed by atoms with Crippen LogP contribution in [0.5, 0.6) is 0 Å². The first-order valence-corrected chi connectivity index (χ1v) is 5.94. The van der Waals surface area contributed by atoms with Gasteiger partial charge < -0.3 is 0 Å². The highest BCUT2D eigenvalue weighted by Crippen LogP contribution is 2.30. The number of hydrogen-bond acceptors (Lipinski definition) is 1. The number of carbonyl (C=O) groups is 1. The van der Waals surface area contributed by atoms with Gasteiger partial charge in [0.25, 0.3) is 0 Å². The topological polar surface area (TPSA) is 17.1 Å². The van der Waals surface area contributed by atoms with Gasteiger partial charge in [-0.25, -0.2) is 0 Å². The van der Waals surface area contributed by atoms with Gasteiger partial charge in [0, 0.05) is 5.56 Å². The standard InChI is InChI=1S/C16H18O/c1-11(17)14-9-12-7-5-6-8-13(12)10-15(14)16(2,3)4/h5-10H,1-4H3. The first kappa shape index (κ1) is 11.8. The number of Topliss-reactive ketones (excluding diaryl/α,β-unsaturated/α-hetero) is 1. The van der Waals surface area contributed by atoms with Crippen LogP contribution in [0.15, 0.2) is 36.4 Å². The molecular formula is C16H18O. The third kappa shape index (κ3) is 2.23. The summed E-state index contributed by atoms with van der Waals surface area (Å²) in [5.74, 6) is 0.140. The molecule has 0 atom stereocenters. The monoisotopic (exact) mass is 226 g/mol. The third-order valence-corrected chi connectivity index (χ3v) is 3.07. The quantitative estimate of drug-likeness (QED) is 0.661. The maximum atomic E-state index is 11.8. The summed E-state index contributed by atoms with van der Waals surface area (Å²) in [6.45, 7) is 8.07. The molecule has 0 aromatic heterocycles. The molecule has 2 aromatic carbocycles. The van der Waals surface area contributed by atoms with Crippen LogP contribution in [0, 0.1) is 0 Å². The van der Waals surface area contributed by atoms with Crippen molar-refractivity contribution in [3.63, 3.8) is 0 Å². The Morgan fingerprint density at radius 1 is 1.00 bits per heavy atom. The predicted molar refractivity (Wildman–Crippen MR) is 72.7 cm³/mol. The van der Waals surface area contributed by atoms with Gasteiger partial charge in [0.15, 0.2) is 5.78 Å². The van der Waals surface area contributed by atoms with E-state index in [4.69, 9.17) is 0 Å². The zero-order valence-electron chi connectivity index (χ0n) is 10.9. The van der Waals surface area contributed by atoms with Crippen molar-refractivity contribution >= 4 is 16.6 Å². The van der Waals surface area contributed by atoms with E-state index in [1.807, 2.05) is 24.3 Å². The van der Waals surface area contributed by atoms with Gasteiger partial charge in [-0.15, -0.1) is 0 Å². The van der Waals surface area contributed by atoms with Crippen LogP contribution in [-0.2, 0) is 5.41 Å². The number of benzene rings is 2. The minimum Gasteiger partial charge on any atom is -0.295 e. The molecule has 0 amide bonds. The molecule has 0 heterocycles. The molecule has 0 saturated heterocycles. The molecule has 0 saturated carbocycles. The van der Waals surface area contributed by atoms with E-state index >= 15 is 0 Å². The lowest BCUT2D eigenvalue weighted by atomic mass is 9.81. The molecule has 0 bridgehead atoms. The summed E-state index contributed by atoms with van der Waals surface area (Å²) >= 11 is 0. The van der Waals surface area contributed by atoms with Crippen molar-refractivity contribution < 1.29 is 4.79 Å². The Balaban J connectivity index is 2.80. The molecule has 0 spiro atoms. The molecule has 2 aromatic rings. The number of hydrogen-bond donors (Lipinski definition) is 0. The summed E-state index contributed by atoms with van der Waals surface area (Å²) < 4.78 is 0. The van der Waals surface area contributed by atoms with E-state index in [-0.39, 0.29) is 11.2 Å². The number of rotatable bonds is 1. The van der Waals surface area contributed by atoms with E-state index < -0.39 is 0 Å². The van der Waals surface area contributed by atoms with Crippen LogP contribution in [0.1, 0.15) is 43.6 Å². The first-order chi connectivity index (χ1) is 7.89. The van der Waals surface area contributed by atoms with Gasteiger partial charge in [-0.1, -0.05) is 45.0 Å². The summed E-state index contributed by atoms with van der Waals surface area (Å²) in [7, 11) is 0. The van der Waals surface area contributed by atoms with Crippen molar-refractivity contribution in [3.8, 4) is 0 Å². The third-order valence-electron chi connectivity index (χ3n) is 3.07. The fraction of sp³-hybridized carbons (Fsp3) is 0.312. The van der Waals surface area contributed by atoms with Crippen LogP contribution in [0.4, 0.5) is 0 Å². The molecule has 0 aliphatic rings. The molecule has 0 radical (unpaired) electrons. The molecule has 0 fully saturated rings. The molecule has 2 rings (SSSR count). The molecule has 0 unspecified atom stereocenters. The van der Waals surface area contributed by atoms with Crippen molar-refractivity contribution in [2.24, 2.45) is 0 Å². The van der Waals surface area contributed by atoms with Crippen LogP contribution in [-0.4, -0.2) is 5.78 Å². The fourth-order valence-corrected chi connectivity index (χ4v) is 2.15. The largest absolute Gasteiger partial charge is 0.295 e. The van der Waals surface area contributed by atoms with Crippen molar-refractivity contribution in [1.82, 2.24) is 0 Å². The Labute approximate surface area is 102 Å². The zero-order valence-corrected chi connectivity index (χ0v) is 10.9. The Morgan fingerprint density at radius 3 is 2.00 bits per heavy atom. The van der Waals surface area contributed by atoms with Gasteiger partial charge in [0.1, 0.15) is 0 Å². The Morgan fingerprint density at radius 2 is 1.53 bits per heavy atom. The Bertz CT molecular complexity index is 574. The molecule has 0 aliphatic heterocycles. The Hall–Kier alpha value is -1.63. The second-order valence-electron chi connectivity index (χ2n) is 5.55. The lowest BCUT2D eigenvalue weighted by Gasteiger charge is -2.22. The SMILES string of the molecule is CC(=O)c1cc2ccccc2cc1C(C)(C)C. The molecular weight excluding hydrogens is 208 g/mol. The van der Waals surface area contributed by atoms with Crippen molar-refractivity contribution in [2.45, 2.75) is 33.1 Å². The molecule has 0 aliphatic carbocycles. The van der Waals surface area contributed by atoms with E-state index in [2.05, 4.69) is 32.9 Å². The smallest absolute Gasteiger partial charge is 0.160 e. The first-order valence-electron chi connectivity index (χ1n) is 5.94. The van der Waals surface area contributed by atoms with Gasteiger partial charge in [0.2, 0.25) is 0 Å². The molecule has 1 heteroatoms. The van der Waals surface area contributed by atoms with Gasteiger partial charge >= 0.3 is 0 Å². The van der Waals surface area contributed by atoms with E-state index in [1.165, 1.54) is 5.39 Å². The highest BCUT2D eigenvalue weighted by molar-refractivity contribution is 6.00. The zero-order chi connectivity index (χ0) is 12.6. The van der Waals surface area contributed by atoms with E-state index in [0.717, 1.165) is 16.5 Å². The highest BCUT2D eigenvalue weighted by atomic mass is 16.1. The van der Waals surface area contributed by atoms with Gasteiger partial charge in [-0.2, -0.15) is 0 Å². The predicted octanol–water partition coefficient (Wildman–Crippen LogP) is 4.34. The van der Waals surface area contributed by atoms with Crippen LogP contribution < -0.4 is 0 Å². The van der Waals surface area contributed by atoms with E-state index in [1.54, 1.807) is 6.92 Å². The molecule has 0 N–H and O–H groups in total. The summed E-state index contributed by atoms with van der Waals surface area (Å²) in [6, 6.07) is 12.3. The maximum Gasteiger partial charge on any atom is 0.160 e. The molecule has 88 valence electrons. The summed E-state index contributed by atoms with van der Waals surface area (Å²) in [4.78, 5) is 11.8. The van der Waals surface area contributed by atoms with Crippen molar-refractivity contribution in [2.75, 3.05) is 0 Å². The number of fused-ring (bicyclic) bond motifs is 1. The summed E-state index contributed by atoms with van der Waals surface area (Å²) in [5, 5.41) is 2.33. The second-order valence-corrected chi connectivity index (χ2v) is 5.55. The normalized spacial score (nSPS) is 11.8. The minimum absolute atomic E-state index is 0.00889. The average molecular weight is 226 g/mol. The highest BCUT2D eigenvalue weighted by Gasteiger charge is 2.20. The summed E-state index contributed by atoms with van der Waals surface area (Å²) in [6.07, 6.45) is 0. The van der Waals surface area contributed by atoms with Gasteiger partial charge in [-0.3, -0.25) is 4.79 Å². The second kappa shape index (κ2) is 3.99. The van der Waals surface area contributed by atoms with Crippen LogP contribution in [0.2, 0.25) is 0 Å². The molecule has 1 nitrogen and oxygen atoms in total. The average Bonchev–Trinajstić information content (AvgIpc) is 2.26. The van der Waals surface area contributed by atoms with Crippen molar-refractivity contribution in [3.05, 3.63) is 47.5 Å². The van der Waals surface area contributed by atoms with Gasteiger partial charge in [0.05, 0.1) is 0 Å². The maximum absolute atomic E-state index is 11.8. The van der Waals surface area contributed by atoms with Crippen LogP contribution >= 0.6 is 0 Å². The minimum atomic E-state index is -0.00889. The van der Waals surface area contributed by atoms with Crippen LogP contribution in [0.25, 0.3) is 10.8 Å². The van der Waals surface area contributed by atoms with Crippen molar-refractivity contribution in [1.29, 1.82) is 0 Å². The molecule has 17 heavy (non-hydrogen) atoms. The lowest BCUT2D eigenvalue weighted by molar-refractivity contribution is 0.101. The van der Waals surface area contributed by atoms with E-state index in [9.17, 15) is 4.79 Å². The Kier molecular flexibility index (Phi) is 2.78.